The minimum absolute atomic E-state index is 0.195. The van der Waals surface area contributed by atoms with Crippen LogP contribution in [0.25, 0.3) is 0 Å². The van der Waals surface area contributed by atoms with Gasteiger partial charge in [0.2, 0.25) is 0 Å². The molecule has 34 heavy (non-hydrogen) atoms. The summed E-state index contributed by atoms with van der Waals surface area (Å²) in [7, 11) is 3.02. The molecule has 6 nitrogen and oxygen atoms in total. The molecule has 2 N–H and O–H groups in total. The second kappa shape index (κ2) is 9.89. The van der Waals surface area contributed by atoms with Crippen LogP contribution < -0.4 is 0 Å². The highest BCUT2D eigenvalue weighted by Crippen LogP contribution is 2.69. The molecule has 0 saturated heterocycles. The van der Waals surface area contributed by atoms with Gasteiger partial charge in [-0.15, -0.1) is 0 Å². The molecule has 3 unspecified atom stereocenters. The smallest absolute Gasteiger partial charge is 0.433 e. The minimum atomic E-state index is -0.443. The number of fused-ring (bicyclic) bond motifs is 5. The first kappa shape index (κ1) is 26.2. The van der Waals surface area contributed by atoms with Crippen molar-refractivity contribution in [3.8, 4) is 0 Å². The second-order valence-electron chi connectivity index (χ2n) is 12.7. The highest BCUT2D eigenvalue weighted by molar-refractivity contribution is 5.65. The summed E-state index contributed by atoms with van der Waals surface area (Å²) in [5.41, 5.74) is 0.487. The van der Waals surface area contributed by atoms with E-state index in [1.54, 1.807) is 7.05 Å². The van der Waals surface area contributed by atoms with Crippen LogP contribution in [0.2, 0.25) is 0 Å². The van der Waals surface area contributed by atoms with Gasteiger partial charge in [0.25, 0.3) is 0 Å². The van der Waals surface area contributed by atoms with Gasteiger partial charge in [0.15, 0.2) is 0 Å². The van der Waals surface area contributed by atoms with Gasteiger partial charge in [-0.2, -0.15) is 5.06 Å². The van der Waals surface area contributed by atoms with Crippen LogP contribution in [0.4, 0.5) is 4.79 Å². The van der Waals surface area contributed by atoms with Gasteiger partial charge in [0.1, 0.15) is 0 Å². The predicted octanol–water partition coefficient (Wildman–Crippen LogP) is 5.27. The average molecular weight is 480 g/mol. The third kappa shape index (κ3) is 4.20. The molecule has 4 saturated carbocycles. The lowest BCUT2D eigenvalue weighted by Crippen LogP contribution is -2.62. The van der Waals surface area contributed by atoms with E-state index in [-0.39, 0.29) is 23.0 Å². The van der Waals surface area contributed by atoms with E-state index in [2.05, 4.69) is 27.7 Å². The molecule has 0 spiro atoms. The third-order valence-corrected chi connectivity index (χ3v) is 11.5. The zero-order chi connectivity index (χ0) is 24.8. The molecule has 0 radical (unpaired) electrons. The highest BCUT2D eigenvalue weighted by atomic mass is 16.7. The number of amides is 1. The fourth-order valence-electron chi connectivity index (χ4n) is 9.63. The normalized spacial score (nSPS) is 46.7. The van der Waals surface area contributed by atoms with Crippen molar-refractivity contribution >= 4 is 6.09 Å². The Kier molecular flexibility index (Phi) is 7.63. The zero-order valence-electron chi connectivity index (χ0n) is 22.3. The Balaban J connectivity index is 1.49. The summed E-state index contributed by atoms with van der Waals surface area (Å²) < 4.78 is 5.41. The fourth-order valence-corrected chi connectivity index (χ4v) is 9.63. The van der Waals surface area contributed by atoms with Crippen LogP contribution in [0.3, 0.4) is 0 Å². The van der Waals surface area contributed by atoms with E-state index in [1.807, 2.05) is 0 Å². The Bertz CT molecular complexity index is 732. The van der Waals surface area contributed by atoms with Crippen LogP contribution in [0.15, 0.2) is 0 Å². The summed E-state index contributed by atoms with van der Waals surface area (Å²) in [5, 5.41) is 23.4. The van der Waals surface area contributed by atoms with Crippen LogP contribution in [-0.2, 0) is 9.57 Å². The largest absolute Gasteiger partial charge is 0.448 e. The average Bonchev–Trinajstić information content (AvgIpc) is 3.17. The van der Waals surface area contributed by atoms with E-state index >= 15 is 0 Å². The number of hydroxylamine groups is 2. The third-order valence-electron chi connectivity index (χ3n) is 11.5. The molecule has 4 aliphatic rings. The van der Waals surface area contributed by atoms with E-state index in [0.717, 1.165) is 37.2 Å². The first-order valence-electron chi connectivity index (χ1n) is 13.9. The molecule has 0 aromatic heterocycles. The van der Waals surface area contributed by atoms with Crippen molar-refractivity contribution in [1.82, 2.24) is 5.06 Å². The van der Waals surface area contributed by atoms with Crippen LogP contribution in [0.5, 0.6) is 0 Å². The number of carbonyl (C=O) groups excluding carboxylic acids is 1. The maximum Gasteiger partial charge on any atom is 0.433 e. The molecule has 0 aromatic rings. The molecule has 4 rings (SSSR count). The fraction of sp³-hybridized carbons (Fsp3) is 0.964. The first-order chi connectivity index (χ1) is 16.1. The number of aliphatic hydroxyl groups excluding tert-OH is 2. The number of hydrogen-bond acceptors (Lipinski definition) is 5. The quantitative estimate of drug-likeness (QED) is 0.508. The maximum absolute atomic E-state index is 11.9. The van der Waals surface area contributed by atoms with Crippen molar-refractivity contribution < 1.29 is 24.6 Å². The molecule has 0 aliphatic heterocycles. The second-order valence-corrected chi connectivity index (χ2v) is 12.7. The van der Waals surface area contributed by atoms with Gasteiger partial charge in [0.05, 0.1) is 25.9 Å². The maximum atomic E-state index is 11.9. The van der Waals surface area contributed by atoms with Crippen molar-refractivity contribution in [3.05, 3.63) is 0 Å². The lowest BCUT2D eigenvalue weighted by molar-refractivity contribution is -0.203. The number of nitrogens with zero attached hydrogens (tertiary/aromatic N) is 1. The van der Waals surface area contributed by atoms with E-state index in [0.29, 0.717) is 48.0 Å². The number of hydrogen-bond donors (Lipinski definition) is 2. The molecular weight excluding hydrogens is 430 g/mol. The monoisotopic (exact) mass is 479 g/mol. The van der Waals surface area contributed by atoms with Crippen LogP contribution >= 0.6 is 0 Å². The SMILES string of the molecule is CC[C@H]1[C@@H](O)C2[C@@H]3CC[C@H]([C@H](C)CCOC(=O)N(C)OC)C3(C)CC[C@@H]2C2(C)CC[C@@H](O)C[C@@H]12. The predicted molar refractivity (Wildman–Crippen MR) is 132 cm³/mol. The van der Waals surface area contributed by atoms with Gasteiger partial charge in [-0.25, -0.2) is 4.79 Å². The Morgan fingerprint density at radius 2 is 1.74 bits per heavy atom. The molecule has 0 bridgehead atoms. The summed E-state index contributed by atoms with van der Waals surface area (Å²) in [5.74, 6) is 3.34. The summed E-state index contributed by atoms with van der Waals surface area (Å²) in [6.07, 6.45) is 8.71. The van der Waals surface area contributed by atoms with Crippen LogP contribution in [0.1, 0.15) is 85.5 Å². The number of carbonyl (C=O) groups is 1. The Morgan fingerprint density at radius 1 is 1.06 bits per heavy atom. The first-order valence-corrected chi connectivity index (χ1v) is 13.9. The van der Waals surface area contributed by atoms with Crippen molar-refractivity contribution in [2.45, 2.75) is 97.7 Å². The van der Waals surface area contributed by atoms with E-state index in [4.69, 9.17) is 9.57 Å². The molecule has 196 valence electrons. The summed E-state index contributed by atoms with van der Waals surface area (Å²) in [4.78, 5) is 16.8. The van der Waals surface area contributed by atoms with Gasteiger partial charge in [-0.05, 0) is 104 Å². The molecule has 1 amide bonds. The Labute approximate surface area is 206 Å². The van der Waals surface area contributed by atoms with Crippen LogP contribution in [-0.4, -0.2) is 54.3 Å². The number of ether oxygens (including phenoxy) is 1. The van der Waals surface area contributed by atoms with E-state index in [9.17, 15) is 15.0 Å². The Morgan fingerprint density at radius 3 is 2.41 bits per heavy atom. The lowest BCUT2D eigenvalue weighted by Gasteiger charge is -2.64. The van der Waals surface area contributed by atoms with Gasteiger partial charge in [0, 0.05) is 7.05 Å². The van der Waals surface area contributed by atoms with Crippen molar-refractivity contribution in [3.63, 3.8) is 0 Å². The van der Waals surface area contributed by atoms with E-state index < -0.39 is 6.09 Å². The summed E-state index contributed by atoms with van der Waals surface area (Å²) in [6, 6.07) is 0. The van der Waals surface area contributed by atoms with Gasteiger partial charge < -0.3 is 14.9 Å². The molecule has 11 atom stereocenters. The number of rotatable bonds is 6. The van der Waals surface area contributed by atoms with Crippen LogP contribution in [0, 0.1) is 52.3 Å². The molecule has 4 aliphatic carbocycles. The molecule has 6 heteroatoms. The lowest BCUT2D eigenvalue weighted by atomic mass is 9.41. The van der Waals surface area contributed by atoms with Gasteiger partial charge >= 0.3 is 6.09 Å². The molecule has 0 heterocycles. The molecule has 0 aromatic carbocycles. The van der Waals surface area contributed by atoms with E-state index in [1.165, 1.54) is 32.8 Å². The Hall–Kier alpha value is -0.850. The summed E-state index contributed by atoms with van der Waals surface area (Å²) in [6.45, 7) is 9.97. The zero-order valence-corrected chi connectivity index (χ0v) is 22.3. The highest BCUT2D eigenvalue weighted by Gasteiger charge is 2.64. The van der Waals surface area contributed by atoms with Gasteiger partial charge in [-0.3, -0.25) is 4.84 Å². The molecular formula is C28H49NO5. The van der Waals surface area contributed by atoms with Gasteiger partial charge in [-0.1, -0.05) is 34.1 Å². The van der Waals surface area contributed by atoms with Crippen molar-refractivity contribution in [2.24, 2.45) is 52.3 Å². The van der Waals surface area contributed by atoms with Crippen molar-refractivity contribution in [2.75, 3.05) is 20.8 Å². The van der Waals surface area contributed by atoms with Crippen molar-refractivity contribution in [1.29, 1.82) is 0 Å². The molecule has 4 fully saturated rings. The minimum Gasteiger partial charge on any atom is -0.448 e. The summed E-state index contributed by atoms with van der Waals surface area (Å²) >= 11 is 0. The topological polar surface area (TPSA) is 79.2 Å². The number of aliphatic hydroxyl groups is 2. The standard InChI is InChI=1S/C28H49NO5/c1-7-19-23-16-18(30)10-13-28(23,4)22-11-14-27(3)20(8-9-21(27)24(22)25(19)31)17(2)12-15-34-26(32)29(5)33-6/h17-25,30-31H,7-16H2,1-6H3/t17-,18-,19-,20-,21+,22+,23+,24?,25-,27?,28?/m1/s1.